The molecule has 0 aliphatic heterocycles. The summed E-state index contributed by atoms with van der Waals surface area (Å²) in [6.07, 6.45) is -4.57. The van der Waals surface area contributed by atoms with Gasteiger partial charge in [0.1, 0.15) is 11.9 Å². The van der Waals surface area contributed by atoms with Crippen LogP contribution in [0.4, 0.5) is 17.6 Å². The topological polar surface area (TPSA) is 55.4 Å². The Hall–Kier alpha value is -2.90. The zero-order valence-electron chi connectivity index (χ0n) is 14.3. The SMILES string of the molecule is COC(=O)[C@H](Cc1ccc(C(F)(F)F)cc1)NC(=O)Cc1ccc(F)cc1. The van der Waals surface area contributed by atoms with E-state index < -0.39 is 35.5 Å². The van der Waals surface area contributed by atoms with Crippen LogP contribution in [0.5, 0.6) is 0 Å². The molecule has 1 N–H and O–H groups in total. The molecular weight excluding hydrogens is 366 g/mol. The standard InChI is InChI=1S/C19H17F4NO3/c1-27-18(26)16(10-12-2-6-14(7-3-12)19(21,22)23)24-17(25)11-13-4-8-15(20)9-5-13/h2-9,16H,10-11H2,1H3,(H,24,25)/t16-/m0/s1. The maximum atomic E-state index is 12.9. The van der Waals surface area contributed by atoms with Crippen LogP contribution in [0.2, 0.25) is 0 Å². The summed E-state index contributed by atoms with van der Waals surface area (Å²) in [5.74, 6) is -1.65. The molecule has 1 atom stereocenters. The zero-order chi connectivity index (χ0) is 20.0. The Morgan fingerprint density at radius 3 is 2.07 bits per heavy atom. The number of benzene rings is 2. The molecule has 0 fully saturated rings. The van der Waals surface area contributed by atoms with E-state index in [1.54, 1.807) is 0 Å². The van der Waals surface area contributed by atoms with Crippen molar-refractivity contribution in [3.63, 3.8) is 0 Å². The number of carbonyl (C=O) groups excluding carboxylic acids is 2. The summed E-state index contributed by atoms with van der Waals surface area (Å²) < 4.78 is 55.4. The van der Waals surface area contributed by atoms with Crippen molar-refractivity contribution in [2.24, 2.45) is 0 Å². The third-order valence-corrected chi connectivity index (χ3v) is 3.82. The maximum Gasteiger partial charge on any atom is 0.416 e. The molecule has 8 heteroatoms. The third kappa shape index (κ3) is 6.09. The summed E-state index contributed by atoms with van der Waals surface area (Å²) in [5.41, 5.74) is 0.175. The highest BCUT2D eigenvalue weighted by atomic mass is 19.4. The fourth-order valence-corrected chi connectivity index (χ4v) is 2.43. The molecule has 0 radical (unpaired) electrons. The van der Waals surface area contributed by atoms with Gasteiger partial charge in [-0.2, -0.15) is 13.2 Å². The molecule has 2 rings (SSSR count). The smallest absolute Gasteiger partial charge is 0.416 e. The predicted molar refractivity (Wildman–Crippen MR) is 89.2 cm³/mol. The molecule has 0 heterocycles. The lowest BCUT2D eigenvalue weighted by Gasteiger charge is -2.17. The predicted octanol–water partition coefficient (Wildman–Crippen LogP) is 3.29. The number of esters is 1. The van der Waals surface area contributed by atoms with Gasteiger partial charge in [-0.05, 0) is 35.4 Å². The Balaban J connectivity index is 2.05. The molecule has 0 saturated carbocycles. The van der Waals surface area contributed by atoms with Crippen LogP contribution in [-0.4, -0.2) is 25.0 Å². The van der Waals surface area contributed by atoms with Crippen LogP contribution in [0, 0.1) is 5.82 Å². The number of nitrogens with one attached hydrogen (secondary N) is 1. The van der Waals surface area contributed by atoms with Crippen molar-refractivity contribution in [3.8, 4) is 0 Å². The van der Waals surface area contributed by atoms with Crippen LogP contribution in [0.1, 0.15) is 16.7 Å². The fourth-order valence-electron chi connectivity index (χ4n) is 2.43. The second-order valence-corrected chi connectivity index (χ2v) is 5.85. The van der Waals surface area contributed by atoms with Crippen LogP contribution in [0.3, 0.4) is 0 Å². The Morgan fingerprint density at radius 2 is 1.56 bits per heavy atom. The van der Waals surface area contributed by atoms with Crippen molar-refractivity contribution in [2.45, 2.75) is 25.1 Å². The molecule has 2 aromatic carbocycles. The van der Waals surface area contributed by atoms with E-state index in [0.29, 0.717) is 11.1 Å². The number of alkyl halides is 3. The molecule has 0 bridgehead atoms. The van der Waals surface area contributed by atoms with Crippen molar-refractivity contribution < 1.29 is 31.9 Å². The van der Waals surface area contributed by atoms with E-state index in [1.807, 2.05) is 0 Å². The van der Waals surface area contributed by atoms with Gasteiger partial charge in [0.15, 0.2) is 0 Å². The zero-order valence-corrected chi connectivity index (χ0v) is 14.3. The summed E-state index contributed by atoms with van der Waals surface area (Å²) in [6, 6.07) is 8.55. The molecule has 27 heavy (non-hydrogen) atoms. The van der Waals surface area contributed by atoms with Gasteiger partial charge in [0.25, 0.3) is 0 Å². The Kier molecular flexibility index (Phi) is 6.55. The van der Waals surface area contributed by atoms with Gasteiger partial charge in [0.05, 0.1) is 19.1 Å². The van der Waals surface area contributed by atoms with Crippen LogP contribution >= 0.6 is 0 Å². The maximum absolute atomic E-state index is 12.9. The molecule has 0 aromatic heterocycles. The van der Waals surface area contributed by atoms with E-state index in [0.717, 1.165) is 19.2 Å². The van der Waals surface area contributed by atoms with E-state index in [2.05, 4.69) is 10.1 Å². The van der Waals surface area contributed by atoms with Crippen molar-refractivity contribution in [3.05, 3.63) is 71.0 Å². The minimum Gasteiger partial charge on any atom is -0.467 e. The molecule has 0 aliphatic carbocycles. The molecule has 0 unspecified atom stereocenters. The van der Waals surface area contributed by atoms with Crippen LogP contribution in [-0.2, 0) is 33.3 Å². The summed E-state index contributed by atoms with van der Waals surface area (Å²) in [6.45, 7) is 0. The number of ether oxygens (including phenoxy) is 1. The van der Waals surface area contributed by atoms with Gasteiger partial charge in [0, 0.05) is 6.42 Å². The molecule has 0 spiro atoms. The van der Waals surface area contributed by atoms with E-state index in [9.17, 15) is 27.2 Å². The minimum absolute atomic E-state index is 0.0278. The largest absolute Gasteiger partial charge is 0.467 e. The molecule has 144 valence electrons. The monoisotopic (exact) mass is 383 g/mol. The summed E-state index contributed by atoms with van der Waals surface area (Å²) in [4.78, 5) is 24.1. The minimum atomic E-state index is -4.45. The highest BCUT2D eigenvalue weighted by Gasteiger charge is 2.30. The Labute approximate surface area is 153 Å². The third-order valence-electron chi connectivity index (χ3n) is 3.82. The van der Waals surface area contributed by atoms with E-state index >= 15 is 0 Å². The molecular formula is C19H17F4NO3. The number of halogens is 4. The average molecular weight is 383 g/mol. The molecule has 4 nitrogen and oxygen atoms in total. The number of methoxy groups -OCH3 is 1. The normalized spacial score (nSPS) is 12.3. The van der Waals surface area contributed by atoms with Gasteiger partial charge in [-0.3, -0.25) is 4.79 Å². The number of rotatable bonds is 6. The van der Waals surface area contributed by atoms with Crippen LogP contribution < -0.4 is 5.32 Å². The Morgan fingerprint density at radius 1 is 1.00 bits per heavy atom. The number of hydrogen-bond donors (Lipinski definition) is 1. The van der Waals surface area contributed by atoms with Crippen LogP contribution in [0.25, 0.3) is 0 Å². The number of carbonyl (C=O) groups is 2. The lowest BCUT2D eigenvalue weighted by Crippen LogP contribution is -2.43. The van der Waals surface area contributed by atoms with Crippen molar-refractivity contribution in [2.75, 3.05) is 7.11 Å². The van der Waals surface area contributed by atoms with Gasteiger partial charge in [-0.15, -0.1) is 0 Å². The summed E-state index contributed by atoms with van der Waals surface area (Å²) in [5, 5.41) is 2.49. The van der Waals surface area contributed by atoms with Crippen LogP contribution in [0.15, 0.2) is 48.5 Å². The quantitative estimate of drug-likeness (QED) is 0.615. The first-order valence-electron chi connectivity index (χ1n) is 7.97. The first-order valence-corrected chi connectivity index (χ1v) is 7.97. The lowest BCUT2D eigenvalue weighted by molar-refractivity contribution is -0.145. The van der Waals surface area contributed by atoms with Gasteiger partial charge in [0.2, 0.25) is 5.91 Å². The summed E-state index contributed by atoms with van der Waals surface area (Å²) in [7, 11) is 1.15. The van der Waals surface area contributed by atoms with Crippen molar-refractivity contribution >= 4 is 11.9 Å². The highest BCUT2D eigenvalue weighted by Crippen LogP contribution is 2.29. The van der Waals surface area contributed by atoms with Crippen molar-refractivity contribution in [1.29, 1.82) is 0 Å². The van der Waals surface area contributed by atoms with Gasteiger partial charge >= 0.3 is 12.1 Å². The number of amides is 1. The Bertz CT molecular complexity index is 786. The van der Waals surface area contributed by atoms with E-state index in [-0.39, 0.29) is 12.8 Å². The first kappa shape index (κ1) is 20.4. The molecule has 1 amide bonds. The number of hydrogen-bond acceptors (Lipinski definition) is 3. The highest BCUT2D eigenvalue weighted by molar-refractivity contribution is 5.85. The fraction of sp³-hybridized carbons (Fsp3) is 0.263. The second kappa shape index (κ2) is 8.66. The van der Waals surface area contributed by atoms with Gasteiger partial charge < -0.3 is 10.1 Å². The lowest BCUT2D eigenvalue weighted by atomic mass is 10.0. The molecule has 0 aliphatic rings. The van der Waals surface area contributed by atoms with E-state index in [1.165, 1.54) is 36.4 Å². The first-order chi connectivity index (χ1) is 12.7. The van der Waals surface area contributed by atoms with E-state index in [4.69, 9.17) is 0 Å². The average Bonchev–Trinajstić information content (AvgIpc) is 2.62. The van der Waals surface area contributed by atoms with Gasteiger partial charge in [-0.1, -0.05) is 24.3 Å². The van der Waals surface area contributed by atoms with Crippen molar-refractivity contribution in [1.82, 2.24) is 5.32 Å². The summed E-state index contributed by atoms with van der Waals surface area (Å²) >= 11 is 0. The molecule has 2 aromatic rings. The van der Waals surface area contributed by atoms with Gasteiger partial charge in [-0.25, -0.2) is 9.18 Å². The second-order valence-electron chi connectivity index (χ2n) is 5.85. The molecule has 0 saturated heterocycles.